The Morgan fingerprint density at radius 2 is 2.06 bits per heavy atom. The molecule has 0 aliphatic rings. The lowest BCUT2D eigenvalue weighted by atomic mass is 10.1. The topological polar surface area (TPSA) is 55.4 Å². The molecule has 1 aromatic rings. The van der Waals surface area contributed by atoms with Crippen molar-refractivity contribution in [3.63, 3.8) is 0 Å². The molecule has 0 bridgehead atoms. The largest absolute Gasteiger partial charge is 0.375 e. The Hall–Kier alpha value is -0.620. The Kier molecular flexibility index (Phi) is 4.73. The van der Waals surface area contributed by atoms with Crippen LogP contribution < -0.4 is 4.72 Å². The van der Waals surface area contributed by atoms with Gasteiger partial charge in [-0.05, 0) is 6.07 Å². The van der Waals surface area contributed by atoms with Crippen LogP contribution in [-0.4, -0.2) is 28.3 Å². The molecule has 0 fully saturated rings. The average Bonchev–Trinajstić information content (AvgIpc) is 2.20. The molecule has 0 aliphatic heterocycles. The van der Waals surface area contributed by atoms with E-state index in [1.807, 2.05) is 12.1 Å². The van der Waals surface area contributed by atoms with E-state index in [2.05, 4.69) is 4.72 Å². The van der Waals surface area contributed by atoms with Gasteiger partial charge in [0.05, 0.1) is 12.4 Å². The van der Waals surface area contributed by atoms with Gasteiger partial charge in [-0.2, -0.15) is 0 Å². The normalized spacial score (nSPS) is 13.7. The predicted molar refractivity (Wildman–Crippen MR) is 64.0 cm³/mol. The summed E-state index contributed by atoms with van der Waals surface area (Å²) in [5.41, 5.74) is 0.766. The SMILES string of the molecule is COC(CNS(C)(=O)=O)c1ccccc1Cl. The smallest absolute Gasteiger partial charge is 0.208 e. The lowest BCUT2D eigenvalue weighted by molar-refractivity contribution is 0.107. The van der Waals surface area contributed by atoms with Crippen molar-refractivity contribution >= 4 is 21.6 Å². The molecule has 1 aromatic carbocycles. The Morgan fingerprint density at radius 3 is 2.56 bits per heavy atom. The maximum Gasteiger partial charge on any atom is 0.208 e. The Labute approximate surface area is 101 Å². The maximum atomic E-state index is 11.0. The van der Waals surface area contributed by atoms with Crippen LogP contribution >= 0.6 is 11.6 Å². The van der Waals surface area contributed by atoms with Crippen molar-refractivity contribution in [2.24, 2.45) is 0 Å². The first-order chi connectivity index (χ1) is 7.44. The third-order valence-electron chi connectivity index (χ3n) is 2.07. The van der Waals surface area contributed by atoms with Crippen LogP contribution in [0.3, 0.4) is 0 Å². The van der Waals surface area contributed by atoms with Crippen LogP contribution in [0, 0.1) is 0 Å². The van der Waals surface area contributed by atoms with Gasteiger partial charge in [0.2, 0.25) is 10.0 Å². The highest BCUT2D eigenvalue weighted by Crippen LogP contribution is 2.24. The van der Waals surface area contributed by atoms with Crippen molar-refractivity contribution in [3.8, 4) is 0 Å². The second kappa shape index (κ2) is 5.63. The van der Waals surface area contributed by atoms with Gasteiger partial charge < -0.3 is 4.74 Å². The molecule has 16 heavy (non-hydrogen) atoms. The summed E-state index contributed by atoms with van der Waals surface area (Å²) in [6.07, 6.45) is 0.718. The van der Waals surface area contributed by atoms with Gasteiger partial charge in [0, 0.05) is 24.2 Å². The fourth-order valence-corrected chi connectivity index (χ4v) is 2.00. The van der Waals surface area contributed by atoms with Gasteiger partial charge in [-0.3, -0.25) is 0 Å². The molecule has 90 valence electrons. The number of sulfonamides is 1. The summed E-state index contributed by atoms with van der Waals surface area (Å²) in [5.74, 6) is 0. The highest BCUT2D eigenvalue weighted by atomic mass is 35.5. The Bertz CT molecular complexity index is 447. The molecule has 0 aliphatic carbocycles. The number of ether oxygens (including phenoxy) is 1. The summed E-state index contributed by atoms with van der Waals surface area (Å²) >= 11 is 5.99. The molecular weight excluding hydrogens is 250 g/mol. The highest BCUT2D eigenvalue weighted by molar-refractivity contribution is 7.88. The van der Waals surface area contributed by atoms with E-state index in [9.17, 15) is 8.42 Å². The van der Waals surface area contributed by atoms with Crippen LogP contribution in [0.1, 0.15) is 11.7 Å². The molecule has 0 aromatic heterocycles. The quantitative estimate of drug-likeness (QED) is 0.878. The van der Waals surface area contributed by atoms with E-state index in [1.165, 1.54) is 7.11 Å². The number of hydrogen-bond acceptors (Lipinski definition) is 3. The number of methoxy groups -OCH3 is 1. The van der Waals surface area contributed by atoms with Crippen LogP contribution in [0.15, 0.2) is 24.3 Å². The van der Waals surface area contributed by atoms with E-state index in [-0.39, 0.29) is 12.6 Å². The molecule has 6 heteroatoms. The predicted octanol–water partition coefficient (Wildman–Crippen LogP) is 1.58. The molecule has 1 rings (SSSR count). The number of rotatable bonds is 5. The van der Waals surface area contributed by atoms with E-state index in [1.54, 1.807) is 12.1 Å². The third kappa shape index (κ3) is 4.09. The number of halogens is 1. The molecule has 1 unspecified atom stereocenters. The minimum Gasteiger partial charge on any atom is -0.375 e. The first-order valence-electron chi connectivity index (χ1n) is 4.66. The van der Waals surface area contributed by atoms with Crippen molar-refractivity contribution in [1.29, 1.82) is 0 Å². The van der Waals surface area contributed by atoms with Gasteiger partial charge in [0.25, 0.3) is 0 Å². The van der Waals surface area contributed by atoms with E-state index in [0.717, 1.165) is 11.8 Å². The summed E-state index contributed by atoms with van der Waals surface area (Å²) in [7, 11) is -1.71. The number of nitrogens with one attached hydrogen (secondary N) is 1. The lowest BCUT2D eigenvalue weighted by Gasteiger charge is -2.16. The van der Waals surface area contributed by atoms with E-state index < -0.39 is 10.0 Å². The van der Waals surface area contributed by atoms with Crippen molar-refractivity contribution in [3.05, 3.63) is 34.9 Å². The second-order valence-electron chi connectivity index (χ2n) is 3.37. The molecule has 0 amide bonds. The van der Waals surface area contributed by atoms with Crippen LogP contribution in [0.25, 0.3) is 0 Å². The van der Waals surface area contributed by atoms with Crippen molar-refractivity contribution in [2.75, 3.05) is 19.9 Å². The van der Waals surface area contributed by atoms with Crippen molar-refractivity contribution < 1.29 is 13.2 Å². The summed E-state index contributed by atoms with van der Waals surface area (Å²) in [5, 5.41) is 0.560. The summed E-state index contributed by atoms with van der Waals surface area (Å²) in [6, 6.07) is 7.18. The number of hydrogen-bond donors (Lipinski definition) is 1. The first-order valence-corrected chi connectivity index (χ1v) is 6.93. The van der Waals surface area contributed by atoms with Gasteiger partial charge in [0.15, 0.2) is 0 Å². The lowest BCUT2D eigenvalue weighted by Crippen LogP contribution is -2.28. The molecular formula is C10H14ClNO3S. The van der Waals surface area contributed by atoms with E-state index >= 15 is 0 Å². The highest BCUT2D eigenvalue weighted by Gasteiger charge is 2.15. The van der Waals surface area contributed by atoms with Crippen LogP contribution in [0.2, 0.25) is 5.02 Å². The van der Waals surface area contributed by atoms with Gasteiger partial charge in [0.1, 0.15) is 0 Å². The van der Waals surface area contributed by atoms with Crippen LogP contribution in [0.4, 0.5) is 0 Å². The van der Waals surface area contributed by atoms with Crippen LogP contribution in [-0.2, 0) is 14.8 Å². The second-order valence-corrected chi connectivity index (χ2v) is 5.61. The fraction of sp³-hybridized carbons (Fsp3) is 0.400. The minimum absolute atomic E-state index is 0.166. The van der Waals surface area contributed by atoms with Gasteiger partial charge in [-0.15, -0.1) is 0 Å². The minimum atomic E-state index is -3.22. The summed E-state index contributed by atoms with van der Waals surface area (Å²) < 4.78 is 29.5. The fourth-order valence-electron chi connectivity index (χ4n) is 1.28. The third-order valence-corrected chi connectivity index (χ3v) is 3.10. The van der Waals surface area contributed by atoms with Crippen molar-refractivity contribution in [2.45, 2.75) is 6.10 Å². The molecule has 0 saturated heterocycles. The van der Waals surface area contributed by atoms with Crippen molar-refractivity contribution in [1.82, 2.24) is 4.72 Å². The molecule has 1 N–H and O–H groups in total. The Balaban J connectivity index is 2.79. The van der Waals surface area contributed by atoms with Gasteiger partial charge >= 0.3 is 0 Å². The maximum absolute atomic E-state index is 11.0. The van der Waals surface area contributed by atoms with Gasteiger partial charge in [-0.25, -0.2) is 13.1 Å². The summed E-state index contributed by atoms with van der Waals surface area (Å²) in [6.45, 7) is 0.166. The number of benzene rings is 1. The molecule has 0 spiro atoms. The zero-order valence-electron chi connectivity index (χ0n) is 9.10. The monoisotopic (exact) mass is 263 g/mol. The summed E-state index contributed by atoms with van der Waals surface area (Å²) in [4.78, 5) is 0. The molecule has 0 heterocycles. The standard InChI is InChI=1S/C10H14ClNO3S/c1-15-10(7-12-16(2,13)14)8-5-3-4-6-9(8)11/h3-6,10,12H,7H2,1-2H3. The molecule has 4 nitrogen and oxygen atoms in total. The zero-order valence-corrected chi connectivity index (χ0v) is 10.7. The van der Waals surface area contributed by atoms with Crippen LogP contribution in [0.5, 0.6) is 0 Å². The zero-order chi connectivity index (χ0) is 12.2. The first kappa shape index (κ1) is 13.4. The molecule has 0 saturated carbocycles. The Morgan fingerprint density at radius 1 is 1.44 bits per heavy atom. The molecule has 0 radical (unpaired) electrons. The van der Waals surface area contributed by atoms with E-state index in [0.29, 0.717) is 5.02 Å². The van der Waals surface area contributed by atoms with Gasteiger partial charge in [-0.1, -0.05) is 29.8 Å². The average molecular weight is 264 g/mol. The molecule has 1 atom stereocenters. The van der Waals surface area contributed by atoms with E-state index in [4.69, 9.17) is 16.3 Å².